The van der Waals surface area contributed by atoms with E-state index >= 15 is 0 Å². The van der Waals surface area contributed by atoms with E-state index in [1.165, 1.54) is 19.3 Å². The molecule has 2 rings (SSSR count). The molecule has 114 valence electrons. The summed E-state index contributed by atoms with van der Waals surface area (Å²) in [5.41, 5.74) is 0. The number of aliphatic carboxylic acids is 2. The summed E-state index contributed by atoms with van der Waals surface area (Å²) < 4.78 is 0. The summed E-state index contributed by atoms with van der Waals surface area (Å²) in [5, 5.41) is 18.4. The molecule has 0 aromatic rings. The lowest BCUT2D eigenvalue weighted by atomic mass is 9.80. The number of carbonyl (C=O) groups is 2. The number of hydrogen-bond acceptors (Lipinski definition) is 3. The van der Waals surface area contributed by atoms with Gasteiger partial charge in [-0.05, 0) is 31.7 Å². The number of rotatable bonds is 4. The van der Waals surface area contributed by atoms with E-state index in [9.17, 15) is 14.7 Å². The molecule has 0 aromatic heterocycles. The fraction of sp³-hybridized carbons (Fsp3) is 0.867. The second-order valence-electron chi connectivity index (χ2n) is 6.27. The summed E-state index contributed by atoms with van der Waals surface area (Å²) in [6.45, 7) is 3.33. The predicted octanol–water partition coefficient (Wildman–Crippen LogP) is 2.06. The van der Waals surface area contributed by atoms with Crippen LogP contribution >= 0.6 is 0 Å². The highest BCUT2D eigenvalue weighted by atomic mass is 16.4. The minimum Gasteiger partial charge on any atom is -0.481 e. The van der Waals surface area contributed by atoms with E-state index in [0.29, 0.717) is 19.0 Å². The van der Waals surface area contributed by atoms with Crippen molar-refractivity contribution in [1.29, 1.82) is 0 Å². The molecule has 1 aliphatic carbocycles. The van der Waals surface area contributed by atoms with Gasteiger partial charge in [0.25, 0.3) is 0 Å². The van der Waals surface area contributed by atoms with Crippen molar-refractivity contribution in [1.82, 2.24) is 4.90 Å². The van der Waals surface area contributed by atoms with Crippen LogP contribution in [0.3, 0.4) is 0 Å². The Balaban J connectivity index is 2.01. The first-order valence-electron chi connectivity index (χ1n) is 7.72. The Morgan fingerprint density at radius 2 is 1.80 bits per heavy atom. The molecule has 0 radical (unpaired) electrons. The van der Waals surface area contributed by atoms with Crippen molar-refractivity contribution < 1.29 is 19.8 Å². The maximum atomic E-state index is 11.3. The maximum absolute atomic E-state index is 11.3. The second kappa shape index (κ2) is 6.57. The van der Waals surface area contributed by atoms with Gasteiger partial charge in [-0.15, -0.1) is 0 Å². The number of hydrogen-bond donors (Lipinski definition) is 2. The first kappa shape index (κ1) is 15.3. The smallest absolute Gasteiger partial charge is 0.308 e. The van der Waals surface area contributed by atoms with Crippen molar-refractivity contribution in [3.8, 4) is 0 Å². The molecule has 0 amide bonds. The average Bonchev–Trinajstić information content (AvgIpc) is 2.46. The van der Waals surface area contributed by atoms with Crippen LogP contribution in [0.2, 0.25) is 0 Å². The molecule has 20 heavy (non-hydrogen) atoms. The van der Waals surface area contributed by atoms with E-state index in [-0.39, 0.29) is 0 Å². The van der Waals surface area contributed by atoms with E-state index in [1.54, 1.807) is 0 Å². The molecule has 1 saturated carbocycles. The number of piperidine rings is 1. The van der Waals surface area contributed by atoms with Crippen LogP contribution < -0.4 is 0 Å². The van der Waals surface area contributed by atoms with E-state index in [2.05, 4.69) is 11.8 Å². The fourth-order valence-electron chi connectivity index (χ4n) is 3.82. The summed E-state index contributed by atoms with van der Waals surface area (Å²) >= 11 is 0. The van der Waals surface area contributed by atoms with Crippen molar-refractivity contribution in [2.24, 2.45) is 17.8 Å². The van der Waals surface area contributed by atoms with Crippen LogP contribution in [0.5, 0.6) is 0 Å². The zero-order chi connectivity index (χ0) is 14.7. The first-order valence-corrected chi connectivity index (χ1v) is 7.72. The second-order valence-corrected chi connectivity index (χ2v) is 6.27. The van der Waals surface area contributed by atoms with E-state index < -0.39 is 23.8 Å². The predicted molar refractivity (Wildman–Crippen MR) is 74.5 cm³/mol. The van der Waals surface area contributed by atoms with Gasteiger partial charge in [-0.3, -0.25) is 14.5 Å². The summed E-state index contributed by atoms with van der Waals surface area (Å²) in [6.07, 6.45) is 6.39. The van der Waals surface area contributed by atoms with Gasteiger partial charge in [-0.2, -0.15) is 0 Å². The molecule has 2 fully saturated rings. The summed E-state index contributed by atoms with van der Waals surface area (Å²) in [6, 6.07) is 0.449. The van der Waals surface area contributed by atoms with Gasteiger partial charge in [0.1, 0.15) is 0 Å². The van der Waals surface area contributed by atoms with Gasteiger partial charge >= 0.3 is 11.9 Å². The Bertz CT molecular complexity index is 371. The third-order valence-electron chi connectivity index (χ3n) is 5.13. The Hall–Kier alpha value is -1.10. The number of carboxylic acid groups (broad SMARTS) is 2. The van der Waals surface area contributed by atoms with Crippen molar-refractivity contribution in [2.75, 3.05) is 13.1 Å². The van der Waals surface area contributed by atoms with Crippen molar-refractivity contribution in [3.63, 3.8) is 0 Å². The summed E-state index contributed by atoms with van der Waals surface area (Å²) in [4.78, 5) is 24.7. The average molecular weight is 283 g/mol. The SMILES string of the molecule is CCC1CCCC(N2CCC(C(=O)O)C(C(=O)O)C2)C1. The van der Waals surface area contributed by atoms with Gasteiger partial charge in [0, 0.05) is 12.6 Å². The largest absolute Gasteiger partial charge is 0.481 e. The van der Waals surface area contributed by atoms with Crippen LogP contribution in [-0.2, 0) is 9.59 Å². The lowest BCUT2D eigenvalue weighted by molar-refractivity contribution is -0.158. The Morgan fingerprint density at radius 3 is 2.40 bits per heavy atom. The van der Waals surface area contributed by atoms with Gasteiger partial charge < -0.3 is 10.2 Å². The van der Waals surface area contributed by atoms with Gasteiger partial charge in [0.15, 0.2) is 0 Å². The number of nitrogens with zero attached hydrogens (tertiary/aromatic N) is 1. The molecule has 1 aliphatic heterocycles. The maximum Gasteiger partial charge on any atom is 0.308 e. The van der Waals surface area contributed by atoms with Gasteiger partial charge in [0.2, 0.25) is 0 Å². The molecule has 5 nitrogen and oxygen atoms in total. The quantitative estimate of drug-likeness (QED) is 0.825. The zero-order valence-corrected chi connectivity index (χ0v) is 12.1. The number of likely N-dealkylation sites (tertiary alicyclic amines) is 1. The van der Waals surface area contributed by atoms with E-state index in [1.807, 2.05) is 0 Å². The standard InChI is InChI=1S/C15H25NO4/c1-2-10-4-3-5-11(8-10)16-7-6-12(14(17)18)13(9-16)15(19)20/h10-13H,2-9H2,1H3,(H,17,18)(H,19,20). The lowest BCUT2D eigenvalue weighted by Gasteiger charge is -2.42. The minimum atomic E-state index is -0.968. The molecular weight excluding hydrogens is 258 g/mol. The summed E-state index contributed by atoms with van der Waals surface area (Å²) in [7, 11) is 0. The van der Waals surface area contributed by atoms with Crippen LogP contribution in [0.25, 0.3) is 0 Å². The molecule has 1 saturated heterocycles. The van der Waals surface area contributed by atoms with Crippen molar-refractivity contribution in [2.45, 2.75) is 51.5 Å². The molecule has 0 spiro atoms. The highest BCUT2D eigenvalue weighted by molar-refractivity contribution is 5.80. The van der Waals surface area contributed by atoms with Crippen molar-refractivity contribution in [3.05, 3.63) is 0 Å². The third kappa shape index (κ3) is 3.32. The molecular formula is C15H25NO4. The number of carboxylic acids is 2. The van der Waals surface area contributed by atoms with Gasteiger partial charge in [-0.25, -0.2) is 0 Å². The fourth-order valence-corrected chi connectivity index (χ4v) is 3.82. The van der Waals surface area contributed by atoms with E-state index in [4.69, 9.17) is 5.11 Å². The Kier molecular flexibility index (Phi) is 5.02. The Labute approximate surface area is 120 Å². The van der Waals surface area contributed by atoms with E-state index in [0.717, 1.165) is 25.3 Å². The molecule has 4 atom stereocenters. The monoisotopic (exact) mass is 283 g/mol. The van der Waals surface area contributed by atoms with Crippen LogP contribution in [0.1, 0.15) is 45.4 Å². The molecule has 2 N–H and O–H groups in total. The third-order valence-corrected chi connectivity index (χ3v) is 5.13. The highest BCUT2D eigenvalue weighted by Gasteiger charge is 2.41. The van der Waals surface area contributed by atoms with Crippen LogP contribution in [0.15, 0.2) is 0 Å². The minimum absolute atomic E-state index is 0.396. The zero-order valence-electron chi connectivity index (χ0n) is 12.1. The molecule has 1 heterocycles. The van der Waals surface area contributed by atoms with Crippen LogP contribution in [-0.4, -0.2) is 46.2 Å². The molecule has 0 bridgehead atoms. The molecule has 5 heteroatoms. The molecule has 0 aromatic carbocycles. The normalized spacial score (nSPS) is 35.6. The van der Waals surface area contributed by atoms with Gasteiger partial charge in [-0.1, -0.05) is 26.2 Å². The topological polar surface area (TPSA) is 77.8 Å². The van der Waals surface area contributed by atoms with Crippen LogP contribution in [0.4, 0.5) is 0 Å². The summed E-state index contributed by atoms with van der Waals surface area (Å²) in [5.74, 6) is -2.68. The van der Waals surface area contributed by atoms with Crippen LogP contribution in [0, 0.1) is 17.8 Å². The first-order chi connectivity index (χ1) is 9.52. The molecule has 2 aliphatic rings. The lowest BCUT2D eigenvalue weighted by Crippen LogP contribution is -2.51. The van der Waals surface area contributed by atoms with Crippen molar-refractivity contribution >= 4 is 11.9 Å². The molecule has 4 unspecified atom stereocenters. The highest BCUT2D eigenvalue weighted by Crippen LogP contribution is 2.33. The Morgan fingerprint density at radius 1 is 1.10 bits per heavy atom. The van der Waals surface area contributed by atoms with Gasteiger partial charge in [0.05, 0.1) is 11.8 Å².